The molecule has 68 heavy (non-hydrogen) atoms. The minimum atomic E-state index is 0.0535. The van der Waals surface area contributed by atoms with E-state index in [2.05, 4.69) is 262 Å². The molecule has 0 fully saturated rings. The van der Waals surface area contributed by atoms with Crippen LogP contribution in [0.1, 0.15) is 105 Å². The number of fused-ring (bicyclic) bond motifs is 8. The maximum absolute atomic E-state index is 2.46. The molecule has 0 saturated carbocycles. The van der Waals surface area contributed by atoms with Gasteiger partial charge in [0.2, 0.25) is 0 Å². The van der Waals surface area contributed by atoms with Crippen LogP contribution in [0.25, 0.3) is 98.8 Å². The first-order valence-corrected chi connectivity index (χ1v) is 24.6. The number of hydrogen-bond donors (Lipinski definition) is 0. The van der Waals surface area contributed by atoms with Crippen LogP contribution in [0.2, 0.25) is 0 Å². The van der Waals surface area contributed by atoms with Crippen LogP contribution in [-0.4, -0.2) is 9.13 Å². The van der Waals surface area contributed by atoms with Crippen LogP contribution < -0.4 is 0 Å². The van der Waals surface area contributed by atoms with Gasteiger partial charge in [0.05, 0.1) is 22.1 Å². The topological polar surface area (TPSA) is 9.86 Å². The molecule has 0 saturated heterocycles. The van der Waals surface area contributed by atoms with Crippen molar-refractivity contribution in [3.8, 4) is 33.6 Å². The number of nitrogens with zero attached hydrogens (tertiary/aromatic N) is 2. The summed E-state index contributed by atoms with van der Waals surface area (Å²) in [7, 11) is 0. The first-order chi connectivity index (χ1) is 32.3. The third kappa shape index (κ3) is 7.14. The maximum atomic E-state index is 2.46. The molecular weight excluding hydrogens is 821 g/mol. The van der Waals surface area contributed by atoms with Crippen molar-refractivity contribution in [3.63, 3.8) is 0 Å². The Balaban J connectivity index is 1.04. The molecule has 338 valence electrons. The predicted molar refractivity (Wildman–Crippen MR) is 296 cm³/mol. The zero-order chi connectivity index (χ0) is 47.7. The molecule has 2 aromatic heterocycles. The maximum Gasteiger partial charge on any atom is 0.0541 e. The number of hydrogen-bond acceptors (Lipinski definition) is 0. The highest BCUT2D eigenvalue weighted by atomic mass is 15.0. The van der Waals surface area contributed by atoms with Gasteiger partial charge in [-0.3, -0.25) is 0 Å². The van der Waals surface area contributed by atoms with E-state index in [1.165, 1.54) is 121 Å². The third-order valence-corrected chi connectivity index (χ3v) is 14.8. The number of benzene rings is 9. The molecule has 0 spiro atoms. The normalized spacial score (nSPS) is 13.0. The molecule has 2 nitrogen and oxygen atoms in total. The zero-order valence-electron chi connectivity index (χ0n) is 42.1. The number of rotatable bonds is 4. The molecular formula is C66H64N2. The van der Waals surface area contributed by atoms with Crippen LogP contribution in [0.4, 0.5) is 0 Å². The van der Waals surface area contributed by atoms with Crippen molar-refractivity contribution in [2.24, 2.45) is 0 Å². The Morgan fingerprint density at radius 3 is 0.706 bits per heavy atom. The van der Waals surface area contributed by atoms with Gasteiger partial charge in [0.25, 0.3) is 0 Å². The van der Waals surface area contributed by atoms with Crippen molar-refractivity contribution < 1.29 is 0 Å². The van der Waals surface area contributed by atoms with Gasteiger partial charge in [-0.2, -0.15) is 0 Å². The molecule has 0 atom stereocenters. The fourth-order valence-corrected chi connectivity index (χ4v) is 10.8. The molecule has 0 unspecified atom stereocenters. The lowest BCUT2D eigenvalue weighted by Crippen LogP contribution is -2.10. The SMILES string of the molecule is CC(C)(C)c1ccc2c(c1)c1cc(C(C)(C)C)ccc1n2-c1ccc(-c2c3ccccc3c(-c3ccc(-n4c5ccc(C(C)(C)C)cc5c5cc(C(C)(C)C)ccc54)cc3)c3ccccc23)cc1. The molecule has 0 radical (unpaired) electrons. The molecule has 0 bridgehead atoms. The van der Waals surface area contributed by atoms with Crippen molar-refractivity contribution in [1.29, 1.82) is 0 Å². The Hall–Kier alpha value is -6.90. The first kappa shape index (κ1) is 43.7. The summed E-state index contributed by atoms with van der Waals surface area (Å²) >= 11 is 0. The van der Waals surface area contributed by atoms with E-state index in [4.69, 9.17) is 0 Å². The summed E-state index contributed by atoms with van der Waals surface area (Å²) < 4.78 is 4.92. The van der Waals surface area contributed by atoms with Crippen molar-refractivity contribution >= 4 is 65.2 Å². The molecule has 0 aliphatic rings. The van der Waals surface area contributed by atoms with Crippen LogP contribution in [0.5, 0.6) is 0 Å². The highest BCUT2D eigenvalue weighted by Crippen LogP contribution is 2.45. The summed E-state index contributed by atoms with van der Waals surface area (Å²) in [5.74, 6) is 0. The quantitative estimate of drug-likeness (QED) is 0.156. The van der Waals surface area contributed by atoms with E-state index >= 15 is 0 Å². The second kappa shape index (κ2) is 15.3. The largest absolute Gasteiger partial charge is 0.309 e. The van der Waals surface area contributed by atoms with Crippen LogP contribution in [-0.2, 0) is 21.7 Å². The lowest BCUT2D eigenvalue weighted by Gasteiger charge is -2.19. The molecule has 11 aromatic rings. The summed E-state index contributed by atoms with van der Waals surface area (Å²) in [6.45, 7) is 27.7. The van der Waals surface area contributed by atoms with Gasteiger partial charge < -0.3 is 9.13 Å². The summed E-state index contributed by atoms with van der Waals surface area (Å²) in [5, 5.41) is 10.3. The molecule has 0 aliphatic heterocycles. The van der Waals surface area contributed by atoms with Crippen molar-refractivity contribution in [2.75, 3.05) is 0 Å². The Morgan fingerprint density at radius 1 is 0.250 bits per heavy atom. The van der Waals surface area contributed by atoms with Crippen LogP contribution in [0.3, 0.4) is 0 Å². The second-order valence-electron chi connectivity index (χ2n) is 23.5. The van der Waals surface area contributed by atoms with Crippen molar-refractivity contribution in [2.45, 2.75) is 105 Å². The highest BCUT2D eigenvalue weighted by Gasteiger charge is 2.24. The summed E-state index contributed by atoms with van der Waals surface area (Å²) in [6, 6.07) is 65.0. The summed E-state index contributed by atoms with van der Waals surface area (Å²) in [6.07, 6.45) is 0. The van der Waals surface area contributed by atoms with Gasteiger partial charge in [-0.1, -0.05) is 180 Å². The van der Waals surface area contributed by atoms with E-state index in [1.54, 1.807) is 0 Å². The van der Waals surface area contributed by atoms with E-state index in [1.807, 2.05) is 0 Å². The van der Waals surface area contributed by atoms with Gasteiger partial charge >= 0.3 is 0 Å². The van der Waals surface area contributed by atoms with Gasteiger partial charge in [-0.25, -0.2) is 0 Å². The fourth-order valence-electron chi connectivity index (χ4n) is 10.8. The number of aromatic nitrogens is 2. The predicted octanol–water partition coefficient (Wildman–Crippen LogP) is 18.7. The first-order valence-electron chi connectivity index (χ1n) is 24.6. The van der Waals surface area contributed by atoms with Gasteiger partial charge in [0, 0.05) is 32.9 Å². The molecule has 2 heteroatoms. The monoisotopic (exact) mass is 885 g/mol. The molecule has 11 rings (SSSR count). The Bertz CT molecular complexity index is 3330. The van der Waals surface area contributed by atoms with Gasteiger partial charge in [0.15, 0.2) is 0 Å². The lowest BCUT2D eigenvalue weighted by atomic mass is 9.85. The van der Waals surface area contributed by atoms with E-state index in [-0.39, 0.29) is 21.7 Å². The van der Waals surface area contributed by atoms with Crippen LogP contribution in [0, 0.1) is 0 Å². The average molecular weight is 885 g/mol. The fraction of sp³-hybridized carbons (Fsp3) is 0.242. The van der Waals surface area contributed by atoms with E-state index in [0.29, 0.717) is 0 Å². The zero-order valence-corrected chi connectivity index (χ0v) is 42.1. The van der Waals surface area contributed by atoms with E-state index in [9.17, 15) is 0 Å². The smallest absolute Gasteiger partial charge is 0.0541 e. The molecule has 0 amide bonds. The van der Waals surface area contributed by atoms with E-state index in [0.717, 1.165) is 0 Å². The molecule has 0 N–H and O–H groups in total. The molecule has 2 heterocycles. The minimum Gasteiger partial charge on any atom is -0.309 e. The summed E-state index contributed by atoms with van der Waals surface area (Å²) in [5.41, 5.74) is 17.9. The molecule has 0 aliphatic carbocycles. The standard InChI is InChI=1S/C66H64N2/c1-63(2,3)43-25-33-57-53(37-43)54-38-44(64(4,5)6)26-34-58(54)67(57)47-29-21-41(22-30-47)61-49-17-13-15-19-51(49)62(52-20-16-14-18-50(52)61)42-23-31-48(32-24-42)68-59-35-27-45(65(7,8)9)39-55(59)56-40-46(66(10,11)12)28-36-60(56)68/h13-40H,1-12H3. The average Bonchev–Trinajstić information content (AvgIpc) is 3.81. The highest BCUT2D eigenvalue weighted by molar-refractivity contribution is 6.21. The van der Waals surface area contributed by atoms with Crippen LogP contribution >= 0.6 is 0 Å². The summed E-state index contributed by atoms with van der Waals surface area (Å²) in [4.78, 5) is 0. The van der Waals surface area contributed by atoms with Gasteiger partial charge in [-0.05, 0) is 161 Å². The van der Waals surface area contributed by atoms with Crippen LogP contribution in [0.15, 0.2) is 170 Å². The van der Waals surface area contributed by atoms with Crippen molar-refractivity contribution in [3.05, 3.63) is 192 Å². The Labute approximate surface area is 402 Å². The van der Waals surface area contributed by atoms with E-state index < -0.39 is 0 Å². The van der Waals surface area contributed by atoms with Gasteiger partial charge in [0.1, 0.15) is 0 Å². The minimum absolute atomic E-state index is 0.0535. The van der Waals surface area contributed by atoms with Crippen molar-refractivity contribution in [1.82, 2.24) is 9.13 Å². The van der Waals surface area contributed by atoms with Gasteiger partial charge in [-0.15, -0.1) is 0 Å². The third-order valence-electron chi connectivity index (χ3n) is 14.8. The Kier molecular flexibility index (Phi) is 9.83. The second-order valence-corrected chi connectivity index (χ2v) is 23.5. The Morgan fingerprint density at radius 2 is 0.485 bits per heavy atom. The lowest BCUT2D eigenvalue weighted by molar-refractivity contribution is 0.590. The molecule has 9 aromatic carbocycles.